The van der Waals surface area contributed by atoms with Gasteiger partial charge in [-0.1, -0.05) is 20.3 Å². The summed E-state index contributed by atoms with van der Waals surface area (Å²) < 4.78 is 0. The van der Waals surface area contributed by atoms with E-state index in [0.717, 1.165) is 44.6 Å². The van der Waals surface area contributed by atoms with Gasteiger partial charge in [-0.25, -0.2) is 0 Å². The second kappa shape index (κ2) is 7.55. The van der Waals surface area contributed by atoms with Crippen molar-refractivity contribution in [3.8, 4) is 0 Å². The van der Waals surface area contributed by atoms with E-state index >= 15 is 0 Å². The largest absolute Gasteiger partial charge is 0.338 e. The van der Waals surface area contributed by atoms with Crippen molar-refractivity contribution in [2.75, 3.05) is 19.6 Å². The summed E-state index contributed by atoms with van der Waals surface area (Å²) in [6.45, 7) is 9.10. The molecule has 4 heteroatoms. The number of amides is 1. The third kappa shape index (κ3) is 4.03. The summed E-state index contributed by atoms with van der Waals surface area (Å²) in [5.74, 6) is 0.669. The van der Waals surface area contributed by atoms with Crippen LogP contribution in [0.4, 0.5) is 0 Å². The molecule has 21 heavy (non-hydrogen) atoms. The maximum absolute atomic E-state index is 12.6. The highest BCUT2D eigenvalue weighted by Crippen LogP contribution is 2.21. The number of rotatable bonds is 5. The van der Waals surface area contributed by atoms with Gasteiger partial charge in [0.2, 0.25) is 0 Å². The fourth-order valence-corrected chi connectivity index (χ4v) is 3.01. The molecule has 0 aliphatic carbocycles. The molecule has 1 amide bonds. The van der Waals surface area contributed by atoms with E-state index in [1.54, 1.807) is 6.20 Å². The van der Waals surface area contributed by atoms with Crippen LogP contribution in [0.25, 0.3) is 0 Å². The van der Waals surface area contributed by atoms with Gasteiger partial charge in [0.25, 0.3) is 5.91 Å². The van der Waals surface area contributed by atoms with Crippen molar-refractivity contribution in [2.45, 2.75) is 46.1 Å². The zero-order valence-corrected chi connectivity index (χ0v) is 13.4. The first-order valence-electron chi connectivity index (χ1n) is 8.11. The van der Waals surface area contributed by atoms with E-state index in [4.69, 9.17) is 0 Å². The molecule has 1 aromatic rings. The second-order valence-corrected chi connectivity index (χ2v) is 5.96. The van der Waals surface area contributed by atoms with Gasteiger partial charge in [0.05, 0.1) is 5.56 Å². The molecule has 1 aliphatic heterocycles. The van der Waals surface area contributed by atoms with Gasteiger partial charge in [-0.3, -0.25) is 9.78 Å². The number of carbonyl (C=O) groups excluding carboxylic acids is 1. The molecule has 2 atom stereocenters. The molecular formula is C17H27N3O. The average molecular weight is 289 g/mol. The Morgan fingerprint density at radius 2 is 2.24 bits per heavy atom. The molecule has 4 nitrogen and oxygen atoms in total. The van der Waals surface area contributed by atoms with E-state index in [0.29, 0.717) is 17.5 Å². The lowest BCUT2D eigenvalue weighted by atomic mass is 9.89. The molecule has 0 radical (unpaired) electrons. The van der Waals surface area contributed by atoms with E-state index in [1.165, 1.54) is 0 Å². The quantitative estimate of drug-likeness (QED) is 0.906. The molecule has 1 aromatic heterocycles. The molecule has 1 N–H and O–H groups in total. The van der Waals surface area contributed by atoms with E-state index in [-0.39, 0.29) is 5.91 Å². The molecule has 0 aromatic carbocycles. The number of likely N-dealkylation sites (tertiary alicyclic amines) is 1. The Morgan fingerprint density at radius 3 is 2.86 bits per heavy atom. The Hall–Kier alpha value is -1.42. The van der Waals surface area contributed by atoms with Gasteiger partial charge >= 0.3 is 0 Å². The fraction of sp³-hybridized carbons (Fsp3) is 0.647. The van der Waals surface area contributed by atoms with Gasteiger partial charge in [-0.05, 0) is 44.4 Å². The van der Waals surface area contributed by atoms with Crippen molar-refractivity contribution >= 4 is 5.91 Å². The Morgan fingerprint density at radius 1 is 1.43 bits per heavy atom. The topological polar surface area (TPSA) is 45.2 Å². The molecule has 1 aliphatic rings. The lowest BCUT2D eigenvalue weighted by molar-refractivity contribution is 0.0626. The summed E-state index contributed by atoms with van der Waals surface area (Å²) in [5, 5.41) is 3.63. The third-order valence-corrected chi connectivity index (χ3v) is 4.36. The smallest absolute Gasteiger partial charge is 0.255 e. The molecule has 0 spiro atoms. The molecule has 116 valence electrons. The van der Waals surface area contributed by atoms with Crippen LogP contribution >= 0.6 is 0 Å². The summed E-state index contributed by atoms with van der Waals surface area (Å²) in [6, 6.07) is 4.34. The molecular weight excluding hydrogens is 262 g/mol. The van der Waals surface area contributed by atoms with Crippen LogP contribution in [-0.4, -0.2) is 41.5 Å². The van der Waals surface area contributed by atoms with Crippen molar-refractivity contribution in [2.24, 2.45) is 5.92 Å². The normalized spacial score (nSPS) is 22.3. The van der Waals surface area contributed by atoms with E-state index < -0.39 is 0 Å². The van der Waals surface area contributed by atoms with Gasteiger partial charge in [-0.2, -0.15) is 0 Å². The summed E-state index contributed by atoms with van der Waals surface area (Å²) in [5.41, 5.74) is 1.65. The minimum Gasteiger partial charge on any atom is -0.338 e. The van der Waals surface area contributed by atoms with E-state index in [1.807, 2.05) is 24.0 Å². The monoisotopic (exact) mass is 289 g/mol. The number of piperidine rings is 1. The number of nitrogens with zero attached hydrogens (tertiary/aromatic N) is 2. The number of hydrogen-bond acceptors (Lipinski definition) is 3. The molecule has 2 unspecified atom stereocenters. The van der Waals surface area contributed by atoms with Crippen LogP contribution in [0, 0.1) is 12.8 Å². The van der Waals surface area contributed by atoms with Crippen molar-refractivity contribution < 1.29 is 4.79 Å². The lowest BCUT2D eigenvalue weighted by Crippen LogP contribution is -2.51. The molecule has 0 bridgehead atoms. The highest BCUT2D eigenvalue weighted by Gasteiger charge is 2.30. The Labute approximate surface area is 127 Å². The van der Waals surface area contributed by atoms with E-state index in [9.17, 15) is 4.79 Å². The number of aromatic nitrogens is 1. The van der Waals surface area contributed by atoms with Crippen LogP contribution in [0.3, 0.4) is 0 Å². The Kier molecular flexibility index (Phi) is 5.74. The van der Waals surface area contributed by atoms with Gasteiger partial charge in [0, 0.05) is 31.0 Å². The molecule has 0 saturated carbocycles. The van der Waals surface area contributed by atoms with E-state index in [2.05, 4.69) is 24.1 Å². The van der Waals surface area contributed by atoms with Crippen molar-refractivity contribution in [1.82, 2.24) is 15.2 Å². The first-order valence-corrected chi connectivity index (χ1v) is 8.11. The highest BCUT2D eigenvalue weighted by atomic mass is 16.2. The highest BCUT2D eigenvalue weighted by molar-refractivity contribution is 5.94. The summed E-state index contributed by atoms with van der Waals surface area (Å²) >= 11 is 0. The predicted octanol–water partition coefficient (Wildman–Crippen LogP) is 2.63. The van der Waals surface area contributed by atoms with Crippen LogP contribution in [0.1, 0.15) is 49.2 Å². The van der Waals surface area contributed by atoms with Gasteiger partial charge < -0.3 is 10.2 Å². The van der Waals surface area contributed by atoms with Crippen molar-refractivity contribution in [1.29, 1.82) is 0 Å². The molecule has 2 rings (SSSR count). The average Bonchev–Trinajstić information content (AvgIpc) is 2.52. The first-order chi connectivity index (χ1) is 10.2. The Bertz CT molecular complexity index is 458. The predicted molar refractivity (Wildman–Crippen MR) is 85.4 cm³/mol. The zero-order valence-electron chi connectivity index (χ0n) is 13.4. The van der Waals surface area contributed by atoms with Crippen LogP contribution in [0.5, 0.6) is 0 Å². The molecule has 1 fully saturated rings. The maximum Gasteiger partial charge on any atom is 0.255 e. The van der Waals surface area contributed by atoms with Crippen LogP contribution in [0.15, 0.2) is 18.3 Å². The van der Waals surface area contributed by atoms with Crippen LogP contribution < -0.4 is 5.32 Å². The second-order valence-electron chi connectivity index (χ2n) is 5.96. The van der Waals surface area contributed by atoms with Crippen molar-refractivity contribution in [3.63, 3.8) is 0 Å². The molecule has 2 heterocycles. The summed E-state index contributed by atoms with van der Waals surface area (Å²) in [4.78, 5) is 18.8. The van der Waals surface area contributed by atoms with Gasteiger partial charge in [-0.15, -0.1) is 0 Å². The van der Waals surface area contributed by atoms with Crippen LogP contribution in [0.2, 0.25) is 0 Å². The number of carbonyl (C=O) groups is 1. The van der Waals surface area contributed by atoms with Crippen LogP contribution in [-0.2, 0) is 0 Å². The number of aryl methyl sites for hydroxylation is 1. The minimum atomic E-state index is 0.120. The third-order valence-electron chi connectivity index (χ3n) is 4.36. The summed E-state index contributed by atoms with van der Waals surface area (Å²) in [7, 11) is 0. The molecule has 1 saturated heterocycles. The number of hydrogen-bond donors (Lipinski definition) is 1. The minimum absolute atomic E-state index is 0.120. The zero-order chi connectivity index (χ0) is 15.2. The SMILES string of the molecule is CCCNC1CCN(C(=O)c2ccc(C)nc2)CC1CC. The number of nitrogens with one attached hydrogen (secondary N) is 1. The number of pyridine rings is 1. The fourth-order valence-electron chi connectivity index (χ4n) is 3.01. The van der Waals surface area contributed by atoms with Gasteiger partial charge in [0.1, 0.15) is 0 Å². The standard InChI is InChI=1S/C17H27N3O/c1-4-9-18-16-8-10-20(12-14(16)5-2)17(21)15-7-6-13(3)19-11-15/h6-7,11,14,16,18H,4-5,8-10,12H2,1-3H3. The maximum atomic E-state index is 12.6. The van der Waals surface area contributed by atoms with Crippen molar-refractivity contribution in [3.05, 3.63) is 29.6 Å². The first kappa shape index (κ1) is 16.0. The Balaban J connectivity index is 1.99. The lowest BCUT2D eigenvalue weighted by Gasteiger charge is -2.38. The van der Waals surface area contributed by atoms with Gasteiger partial charge in [0.15, 0.2) is 0 Å². The summed E-state index contributed by atoms with van der Waals surface area (Å²) in [6.07, 6.45) is 5.01.